The van der Waals surface area contributed by atoms with Crippen LogP contribution in [0.15, 0.2) is 40.3 Å². The molecule has 2 aromatic rings. The van der Waals surface area contributed by atoms with E-state index in [1.54, 1.807) is 25.1 Å². The summed E-state index contributed by atoms with van der Waals surface area (Å²) >= 11 is 11.0. The van der Waals surface area contributed by atoms with E-state index in [-0.39, 0.29) is 10.7 Å². The molecule has 1 N–H and O–H groups in total. The van der Waals surface area contributed by atoms with Gasteiger partial charge in [0, 0.05) is 17.1 Å². The number of aryl methyl sites for hydroxylation is 1. The summed E-state index contributed by atoms with van der Waals surface area (Å²) < 4.78 is 5.78. The molecule has 5 nitrogen and oxygen atoms in total. The van der Waals surface area contributed by atoms with Gasteiger partial charge in [0.15, 0.2) is 5.11 Å². The van der Waals surface area contributed by atoms with Crippen molar-refractivity contribution in [2.45, 2.75) is 13.8 Å². The molecule has 0 bridgehead atoms. The first kappa shape index (κ1) is 17.4. The van der Waals surface area contributed by atoms with E-state index in [9.17, 15) is 9.59 Å². The molecule has 128 valence electrons. The van der Waals surface area contributed by atoms with E-state index >= 15 is 0 Å². The van der Waals surface area contributed by atoms with Gasteiger partial charge in [0.05, 0.1) is 0 Å². The number of carbonyl (C=O) groups is 2. The summed E-state index contributed by atoms with van der Waals surface area (Å²) in [7, 11) is 0. The van der Waals surface area contributed by atoms with Gasteiger partial charge in [-0.2, -0.15) is 0 Å². The zero-order chi connectivity index (χ0) is 18.1. The Labute approximate surface area is 155 Å². The molecule has 1 aromatic heterocycles. The van der Waals surface area contributed by atoms with E-state index in [1.807, 2.05) is 19.1 Å². The number of likely N-dealkylation sites (N-methyl/N-ethyl adjacent to an activating group) is 1. The molecule has 0 aliphatic carbocycles. The van der Waals surface area contributed by atoms with Gasteiger partial charge >= 0.3 is 0 Å². The molecule has 2 amide bonds. The van der Waals surface area contributed by atoms with E-state index < -0.39 is 11.8 Å². The van der Waals surface area contributed by atoms with Crippen molar-refractivity contribution in [3.05, 3.63) is 52.3 Å². The SMILES string of the molecule is CCN1C(=O)/C(=C/c2ccc(-c3cc(Cl)ccc3C)o2)C(=O)NC1=S. The maximum Gasteiger partial charge on any atom is 0.265 e. The van der Waals surface area contributed by atoms with Gasteiger partial charge in [-0.3, -0.25) is 19.8 Å². The number of hydrogen-bond acceptors (Lipinski definition) is 4. The van der Waals surface area contributed by atoms with Gasteiger partial charge in [-0.15, -0.1) is 0 Å². The fourth-order valence-corrected chi connectivity index (χ4v) is 3.04. The summed E-state index contributed by atoms with van der Waals surface area (Å²) in [4.78, 5) is 25.8. The zero-order valence-corrected chi connectivity index (χ0v) is 15.2. The fraction of sp³-hybridized carbons (Fsp3) is 0.167. The largest absolute Gasteiger partial charge is 0.457 e. The Kier molecular flexibility index (Phi) is 4.74. The van der Waals surface area contributed by atoms with Crippen molar-refractivity contribution in [3.63, 3.8) is 0 Å². The highest BCUT2D eigenvalue weighted by Crippen LogP contribution is 2.29. The lowest BCUT2D eigenvalue weighted by Gasteiger charge is -2.27. The summed E-state index contributed by atoms with van der Waals surface area (Å²) in [6.07, 6.45) is 1.42. The maximum absolute atomic E-state index is 12.4. The first-order valence-corrected chi connectivity index (χ1v) is 8.44. The smallest absolute Gasteiger partial charge is 0.265 e. The van der Waals surface area contributed by atoms with Crippen LogP contribution in [0.3, 0.4) is 0 Å². The van der Waals surface area contributed by atoms with Gasteiger partial charge in [0.1, 0.15) is 17.1 Å². The number of nitrogens with one attached hydrogen (secondary N) is 1. The number of carbonyl (C=O) groups excluding carboxylic acids is 2. The Balaban J connectivity index is 1.96. The third kappa shape index (κ3) is 3.36. The quantitative estimate of drug-likeness (QED) is 0.507. The summed E-state index contributed by atoms with van der Waals surface area (Å²) in [5, 5.41) is 3.22. The number of amides is 2. The Hall–Kier alpha value is -2.44. The van der Waals surface area contributed by atoms with Crippen molar-refractivity contribution in [1.82, 2.24) is 10.2 Å². The molecular formula is C18H15ClN2O3S. The lowest BCUT2D eigenvalue weighted by molar-refractivity contribution is -0.128. The van der Waals surface area contributed by atoms with E-state index in [2.05, 4.69) is 5.32 Å². The first-order chi connectivity index (χ1) is 11.9. The molecule has 0 radical (unpaired) electrons. The molecule has 0 atom stereocenters. The Bertz CT molecular complexity index is 917. The lowest BCUT2D eigenvalue weighted by atomic mass is 10.1. The highest BCUT2D eigenvalue weighted by Gasteiger charge is 2.32. The molecule has 1 fully saturated rings. The molecule has 0 spiro atoms. The predicted octanol–water partition coefficient (Wildman–Crippen LogP) is 3.56. The van der Waals surface area contributed by atoms with E-state index in [1.165, 1.54) is 11.0 Å². The number of benzene rings is 1. The third-order valence-corrected chi connectivity index (χ3v) is 4.44. The highest BCUT2D eigenvalue weighted by molar-refractivity contribution is 7.80. The average Bonchev–Trinajstić information content (AvgIpc) is 3.02. The van der Waals surface area contributed by atoms with Gasteiger partial charge in [-0.05, 0) is 62.0 Å². The van der Waals surface area contributed by atoms with Crippen molar-refractivity contribution in [3.8, 4) is 11.3 Å². The van der Waals surface area contributed by atoms with Crippen molar-refractivity contribution in [2.75, 3.05) is 6.54 Å². The van der Waals surface area contributed by atoms with Crippen LogP contribution >= 0.6 is 23.8 Å². The predicted molar refractivity (Wildman–Crippen MR) is 100.0 cm³/mol. The van der Waals surface area contributed by atoms with Crippen LogP contribution in [0, 0.1) is 6.92 Å². The van der Waals surface area contributed by atoms with Crippen molar-refractivity contribution in [2.24, 2.45) is 0 Å². The second kappa shape index (κ2) is 6.82. The second-order valence-electron chi connectivity index (χ2n) is 5.53. The number of hydrogen-bond donors (Lipinski definition) is 1. The number of rotatable bonds is 3. The lowest BCUT2D eigenvalue weighted by Crippen LogP contribution is -2.53. The number of nitrogens with zero attached hydrogens (tertiary/aromatic N) is 1. The molecule has 1 aromatic carbocycles. The van der Waals surface area contributed by atoms with Crippen LogP contribution in [0.1, 0.15) is 18.2 Å². The molecule has 1 aliphatic heterocycles. The fourth-order valence-electron chi connectivity index (χ4n) is 2.56. The van der Waals surface area contributed by atoms with E-state index in [4.69, 9.17) is 28.2 Å². The van der Waals surface area contributed by atoms with Crippen LogP contribution in [-0.2, 0) is 9.59 Å². The van der Waals surface area contributed by atoms with Crippen LogP contribution in [0.2, 0.25) is 5.02 Å². The van der Waals surface area contributed by atoms with Crippen LogP contribution in [0.5, 0.6) is 0 Å². The maximum atomic E-state index is 12.4. The standard InChI is InChI=1S/C18H15ClN2O3S/c1-3-21-17(23)14(16(22)20-18(21)25)9-12-6-7-15(24-12)13-8-11(19)5-4-10(13)2/h4-9H,3H2,1-2H3,(H,20,22,25)/b14-9+. The highest BCUT2D eigenvalue weighted by atomic mass is 35.5. The minimum Gasteiger partial charge on any atom is -0.457 e. The molecule has 0 saturated carbocycles. The summed E-state index contributed by atoms with van der Waals surface area (Å²) in [5.74, 6) is 0.0415. The first-order valence-electron chi connectivity index (χ1n) is 7.66. The topological polar surface area (TPSA) is 62.6 Å². The van der Waals surface area contributed by atoms with Crippen LogP contribution in [-0.4, -0.2) is 28.4 Å². The monoisotopic (exact) mass is 374 g/mol. The van der Waals surface area contributed by atoms with E-state index in [0.29, 0.717) is 23.1 Å². The normalized spacial score (nSPS) is 16.5. The molecule has 1 aliphatic rings. The van der Waals surface area contributed by atoms with Crippen LogP contribution in [0.4, 0.5) is 0 Å². The Morgan fingerprint density at radius 1 is 1.28 bits per heavy atom. The molecule has 7 heteroatoms. The van der Waals surface area contributed by atoms with E-state index in [0.717, 1.165) is 11.1 Å². The Morgan fingerprint density at radius 3 is 2.76 bits per heavy atom. The Morgan fingerprint density at radius 2 is 2.04 bits per heavy atom. The van der Waals surface area contributed by atoms with Crippen molar-refractivity contribution >= 4 is 46.8 Å². The van der Waals surface area contributed by atoms with Gasteiger partial charge in [-0.25, -0.2) is 0 Å². The third-order valence-electron chi connectivity index (χ3n) is 3.88. The minimum atomic E-state index is -0.531. The molecule has 3 rings (SSSR count). The molecule has 0 unspecified atom stereocenters. The molecule has 2 heterocycles. The van der Waals surface area contributed by atoms with Crippen molar-refractivity contribution < 1.29 is 14.0 Å². The van der Waals surface area contributed by atoms with Gasteiger partial charge in [-0.1, -0.05) is 17.7 Å². The minimum absolute atomic E-state index is 0.0147. The molecular weight excluding hydrogens is 360 g/mol. The second-order valence-corrected chi connectivity index (χ2v) is 6.35. The van der Waals surface area contributed by atoms with Gasteiger partial charge in [0.2, 0.25) is 0 Å². The average molecular weight is 375 g/mol. The number of halogens is 1. The van der Waals surface area contributed by atoms with Gasteiger partial charge in [0.25, 0.3) is 11.8 Å². The van der Waals surface area contributed by atoms with Crippen LogP contribution < -0.4 is 5.32 Å². The summed E-state index contributed by atoms with van der Waals surface area (Å²) in [6, 6.07) is 8.99. The molecule has 25 heavy (non-hydrogen) atoms. The van der Waals surface area contributed by atoms with Crippen LogP contribution in [0.25, 0.3) is 17.4 Å². The van der Waals surface area contributed by atoms with Crippen molar-refractivity contribution in [1.29, 1.82) is 0 Å². The number of thiocarbonyl (C=S) groups is 1. The molecule has 1 saturated heterocycles. The zero-order valence-electron chi connectivity index (χ0n) is 13.6. The summed E-state index contributed by atoms with van der Waals surface area (Å²) in [5.41, 5.74) is 1.85. The summed E-state index contributed by atoms with van der Waals surface area (Å²) in [6.45, 7) is 4.11. The van der Waals surface area contributed by atoms with Gasteiger partial charge < -0.3 is 4.42 Å². The number of furan rings is 1.